The van der Waals surface area contributed by atoms with Gasteiger partial charge in [0.1, 0.15) is 17.8 Å². The third kappa shape index (κ3) is 7.80. The minimum atomic E-state index is -4.47. The highest BCUT2D eigenvalue weighted by Gasteiger charge is 2.40. The van der Waals surface area contributed by atoms with Crippen molar-refractivity contribution in [1.29, 1.82) is 0 Å². The van der Waals surface area contributed by atoms with Crippen molar-refractivity contribution in [2.24, 2.45) is 10.6 Å². The van der Waals surface area contributed by atoms with Crippen molar-refractivity contribution in [3.63, 3.8) is 0 Å². The highest BCUT2D eigenvalue weighted by Crippen LogP contribution is 2.41. The molecule has 2 aliphatic heterocycles. The van der Waals surface area contributed by atoms with Gasteiger partial charge in [-0.1, -0.05) is 12.0 Å². The lowest BCUT2D eigenvalue weighted by atomic mass is 9.77. The van der Waals surface area contributed by atoms with Crippen LogP contribution in [-0.2, 0) is 21.3 Å². The molecule has 0 bridgehead atoms. The first-order valence-corrected chi connectivity index (χ1v) is 17.6. The zero-order valence-corrected chi connectivity index (χ0v) is 27.2. The van der Waals surface area contributed by atoms with Crippen LogP contribution in [0, 0.1) is 17.3 Å². The van der Waals surface area contributed by atoms with E-state index in [-0.39, 0.29) is 29.1 Å². The number of anilines is 2. The van der Waals surface area contributed by atoms with Crippen LogP contribution in [0.4, 0.5) is 24.5 Å². The van der Waals surface area contributed by atoms with Crippen molar-refractivity contribution in [2.45, 2.75) is 74.6 Å². The molecule has 0 atom stereocenters. The number of rotatable bonds is 8. The van der Waals surface area contributed by atoms with Crippen molar-refractivity contribution in [3.05, 3.63) is 42.2 Å². The summed E-state index contributed by atoms with van der Waals surface area (Å²) in [6.07, 6.45) is 3.25. The molecule has 254 valence electrons. The SMILES string of the molecule is COc1cc(S(N)(=O)=O)ccc1NCC#Cc1nc2c(N[C@H]3CC[C@H](N4CCC5(CCOC5)CC4)CC3)cccc2n1CC(F)(F)F. The highest BCUT2D eigenvalue weighted by molar-refractivity contribution is 7.89. The third-order valence-electron chi connectivity index (χ3n) is 9.80. The predicted octanol–water partition coefficient (Wildman–Crippen LogP) is 4.94. The smallest absolute Gasteiger partial charge is 0.406 e. The van der Waals surface area contributed by atoms with Gasteiger partial charge in [0.25, 0.3) is 0 Å². The van der Waals surface area contributed by atoms with Gasteiger partial charge in [-0.25, -0.2) is 18.5 Å². The Morgan fingerprint density at radius 2 is 1.87 bits per heavy atom. The Morgan fingerprint density at radius 1 is 1.11 bits per heavy atom. The Bertz CT molecular complexity index is 1740. The number of halogens is 3. The molecule has 1 spiro atoms. The number of imidazole rings is 1. The number of alkyl halides is 3. The summed E-state index contributed by atoms with van der Waals surface area (Å²) in [6.45, 7) is 2.86. The molecule has 2 saturated heterocycles. The van der Waals surface area contributed by atoms with E-state index < -0.39 is 22.7 Å². The van der Waals surface area contributed by atoms with Crippen molar-refractivity contribution < 1.29 is 31.1 Å². The first-order valence-electron chi connectivity index (χ1n) is 16.0. The standard InChI is InChI=1S/C33H41F3N6O4S/c1-45-29-20-25(47(37,43)44)11-12-26(29)38-16-3-6-30-40-31-27(4-2-5-28(31)42(30)21-33(34,35)36)39-23-7-9-24(10-8-23)41-17-13-32(14-18-41)15-19-46-22-32/h2,4-5,11-12,20,23-24,38-39H,7-10,13-19,21-22H2,1H3,(H2,37,43,44)/t23-,24-. The largest absolute Gasteiger partial charge is 0.495 e. The van der Waals surface area contributed by atoms with Gasteiger partial charge in [-0.05, 0) is 93.6 Å². The Balaban J connectivity index is 1.13. The number of primary sulfonamides is 1. The summed E-state index contributed by atoms with van der Waals surface area (Å²) in [7, 11) is -2.54. The molecule has 1 saturated carbocycles. The van der Waals surface area contributed by atoms with Crippen LogP contribution in [0.2, 0.25) is 0 Å². The number of para-hydroxylation sites is 1. The van der Waals surface area contributed by atoms with Gasteiger partial charge in [0.15, 0.2) is 5.82 Å². The first-order chi connectivity index (χ1) is 22.4. The number of hydrogen-bond donors (Lipinski definition) is 3. The number of benzene rings is 2. The van der Waals surface area contributed by atoms with E-state index in [4.69, 9.17) is 14.6 Å². The highest BCUT2D eigenvalue weighted by atomic mass is 32.2. The lowest BCUT2D eigenvalue weighted by Crippen LogP contribution is -2.47. The number of nitrogens with one attached hydrogen (secondary N) is 2. The lowest BCUT2D eigenvalue weighted by molar-refractivity contribution is -0.140. The van der Waals surface area contributed by atoms with E-state index in [1.54, 1.807) is 12.1 Å². The molecule has 1 aromatic heterocycles. The van der Waals surface area contributed by atoms with Crippen molar-refractivity contribution in [3.8, 4) is 17.6 Å². The number of piperidine rings is 1. The maximum absolute atomic E-state index is 13.7. The van der Waals surface area contributed by atoms with Crippen LogP contribution >= 0.6 is 0 Å². The Kier molecular flexibility index (Phi) is 9.62. The minimum absolute atomic E-state index is 0.00385. The monoisotopic (exact) mass is 674 g/mol. The molecule has 1 aliphatic carbocycles. The Morgan fingerprint density at radius 3 is 2.53 bits per heavy atom. The number of aromatic nitrogens is 2. The van der Waals surface area contributed by atoms with E-state index in [0.717, 1.165) is 56.6 Å². The molecule has 3 fully saturated rings. The zero-order chi connectivity index (χ0) is 33.2. The topological polar surface area (TPSA) is 124 Å². The molecule has 10 nitrogen and oxygen atoms in total. The second kappa shape index (κ2) is 13.5. The number of ether oxygens (including phenoxy) is 2. The van der Waals surface area contributed by atoms with Gasteiger partial charge < -0.3 is 29.6 Å². The van der Waals surface area contributed by atoms with Crippen LogP contribution in [0.5, 0.6) is 5.75 Å². The minimum Gasteiger partial charge on any atom is -0.495 e. The quantitative estimate of drug-likeness (QED) is 0.287. The van der Waals surface area contributed by atoms with E-state index in [1.165, 1.54) is 44.6 Å². The molecule has 2 aromatic carbocycles. The van der Waals surface area contributed by atoms with Crippen molar-refractivity contribution >= 4 is 32.4 Å². The fourth-order valence-electron chi connectivity index (χ4n) is 7.17. The predicted molar refractivity (Wildman–Crippen MR) is 174 cm³/mol. The maximum atomic E-state index is 13.7. The van der Waals surface area contributed by atoms with E-state index in [1.807, 2.05) is 6.07 Å². The first kappa shape index (κ1) is 33.4. The molecule has 0 amide bonds. The summed E-state index contributed by atoms with van der Waals surface area (Å²) in [5, 5.41) is 11.8. The number of nitrogens with zero attached hydrogens (tertiary/aromatic N) is 3. The number of nitrogens with two attached hydrogens (primary N) is 1. The van der Waals surface area contributed by atoms with Gasteiger partial charge in [-0.3, -0.25) is 0 Å². The molecule has 0 radical (unpaired) electrons. The van der Waals surface area contributed by atoms with Crippen LogP contribution in [-0.4, -0.2) is 81.1 Å². The van der Waals surface area contributed by atoms with E-state index in [0.29, 0.717) is 33.9 Å². The van der Waals surface area contributed by atoms with Crippen LogP contribution in [0.15, 0.2) is 41.3 Å². The second-order valence-corrected chi connectivity index (χ2v) is 14.4. The number of likely N-dealkylation sites (tertiary alicyclic amines) is 1. The van der Waals surface area contributed by atoms with Crippen molar-refractivity contribution in [1.82, 2.24) is 14.5 Å². The number of fused-ring (bicyclic) bond motifs is 1. The third-order valence-corrected chi connectivity index (χ3v) is 10.7. The van der Waals surface area contributed by atoms with Gasteiger partial charge in [0, 0.05) is 24.8 Å². The number of hydrogen-bond acceptors (Lipinski definition) is 8. The van der Waals surface area contributed by atoms with Gasteiger partial charge >= 0.3 is 6.18 Å². The molecule has 3 aromatic rings. The summed E-state index contributed by atoms with van der Waals surface area (Å²) in [4.78, 5) is 7.11. The summed E-state index contributed by atoms with van der Waals surface area (Å²) >= 11 is 0. The lowest BCUT2D eigenvalue weighted by Gasteiger charge is -2.44. The molecule has 6 rings (SSSR count). The van der Waals surface area contributed by atoms with E-state index in [9.17, 15) is 21.6 Å². The summed E-state index contributed by atoms with van der Waals surface area (Å²) in [5.41, 5.74) is 2.36. The van der Waals surface area contributed by atoms with Gasteiger partial charge in [-0.2, -0.15) is 13.2 Å². The molecule has 3 heterocycles. The average Bonchev–Trinajstić information content (AvgIpc) is 3.63. The summed E-state index contributed by atoms with van der Waals surface area (Å²) in [6, 6.07) is 10.1. The fourth-order valence-corrected chi connectivity index (χ4v) is 7.70. The molecular formula is C33H41F3N6O4S. The summed E-state index contributed by atoms with van der Waals surface area (Å²) in [5.74, 6) is 5.88. The zero-order valence-electron chi connectivity index (χ0n) is 26.4. The Labute approximate surface area is 273 Å². The molecular weight excluding hydrogens is 633 g/mol. The second-order valence-electron chi connectivity index (χ2n) is 12.9. The van der Waals surface area contributed by atoms with Crippen LogP contribution in [0.25, 0.3) is 11.0 Å². The van der Waals surface area contributed by atoms with Crippen LogP contribution in [0.3, 0.4) is 0 Å². The van der Waals surface area contributed by atoms with Crippen LogP contribution in [0.1, 0.15) is 50.8 Å². The average molecular weight is 675 g/mol. The fraction of sp³-hybridized carbons (Fsp3) is 0.545. The van der Waals surface area contributed by atoms with Gasteiger partial charge in [0.2, 0.25) is 10.0 Å². The van der Waals surface area contributed by atoms with Gasteiger partial charge in [-0.15, -0.1) is 0 Å². The molecule has 0 unspecified atom stereocenters. The molecule has 3 aliphatic rings. The number of methoxy groups -OCH3 is 1. The number of sulfonamides is 1. The molecule has 14 heteroatoms. The van der Waals surface area contributed by atoms with Crippen LogP contribution < -0.4 is 20.5 Å². The van der Waals surface area contributed by atoms with E-state index >= 15 is 0 Å². The molecule has 47 heavy (non-hydrogen) atoms. The normalized spacial score (nSPS) is 21.8. The van der Waals surface area contributed by atoms with Crippen molar-refractivity contribution in [2.75, 3.05) is 50.6 Å². The molecule has 4 N–H and O–H groups in total. The van der Waals surface area contributed by atoms with Gasteiger partial charge in [0.05, 0.1) is 42.0 Å². The Hall–Kier alpha value is -3.51. The maximum Gasteiger partial charge on any atom is 0.406 e. The van der Waals surface area contributed by atoms with E-state index in [2.05, 4.69) is 32.4 Å². The summed E-state index contributed by atoms with van der Waals surface area (Å²) < 4.78 is 76.4.